The lowest BCUT2D eigenvalue weighted by atomic mass is 9.86. The molecule has 0 saturated carbocycles. The summed E-state index contributed by atoms with van der Waals surface area (Å²) in [4.78, 5) is 20.7. The SMILES string of the molecule is CN1CCCC1CCOc1ccc(C(=O)c2ccc(OCCC3CCCN3C)cc2-c2c(-c3ccc(O)cc3)noc2-c2ccc(O)cc2)c(-c2c(-c3ccc(O)cc3)noc2-c2ccc(O)cc2)c1. The molecule has 10 rings (SSSR count). The molecule has 2 saturated heterocycles. The van der Waals surface area contributed by atoms with E-state index in [2.05, 4.69) is 34.2 Å². The molecular weight excluding hydrogens is 885 g/mol. The summed E-state index contributed by atoms with van der Waals surface area (Å²) in [5.74, 6) is 1.72. The number of hydrogen-bond donors (Lipinski definition) is 4. The average Bonchev–Trinajstić information content (AvgIpc) is 4.20. The quantitative estimate of drug-likeness (QED) is 0.0674. The van der Waals surface area contributed by atoms with E-state index in [0.717, 1.165) is 51.6 Å². The van der Waals surface area contributed by atoms with Crippen LogP contribution < -0.4 is 9.47 Å². The minimum Gasteiger partial charge on any atom is -0.508 e. The molecule has 2 atom stereocenters. The van der Waals surface area contributed by atoms with E-state index in [4.69, 9.17) is 18.5 Å². The number of carbonyl (C=O) groups is 1. The van der Waals surface area contributed by atoms with Gasteiger partial charge in [0.1, 0.15) is 45.9 Å². The van der Waals surface area contributed by atoms with Gasteiger partial charge in [-0.25, -0.2) is 0 Å². The first-order valence-electron chi connectivity index (χ1n) is 23.7. The van der Waals surface area contributed by atoms with Crippen LogP contribution in [0.4, 0.5) is 0 Å². The van der Waals surface area contributed by atoms with Crippen LogP contribution in [0.25, 0.3) is 67.4 Å². The zero-order chi connectivity index (χ0) is 48.3. The van der Waals surface area contributed by atoms with Crippen LogP contribution in [-0.2, 0) is 0 Å². The van der Waals surface area contributed by atoms with Gasteiger partial charge in [0.2, 0.25) is 0 Å². The topological polar surface area (TPSA) is 175 Å². The number of aromatic nitrogens is 2. The van der Waals surface area contributed by atoms with E-state index in [-0.39, 0.29) is 28.8 Å². The fourth-order valence-electron chi connectivity index (χ4n) is 9.83. The lowest BCUT2D eigenvalue weighted by Gasteiger charge is -2.20. The summed E-state index contributed by atoms with van der Waals surface area (Å²) in [6.07, 6.45) is 6.15. The van der Waals surface area contributed by atoms with Crippen molar-refractivity contribution in [3.63, 3.8) is 0 Å². The second kappa shape index (κ2) is 20.0. The molecule has 0 amide bonds. The van der Waals surface area contributed by atoms with Crippen molar-refractivity contribution in [3.8, 4) is 102 Å². The Balaban J connectivity index is 1.16. The van der Waals surface area contributed by atoms with Gasteiger partial charge in [-0.1, -0.05) is 10.3 Å². The maximum Gasteiger partial charge on any atom is 0.194 e. The van der Waals surface area contributed by atoms with Gasteiger partial charge in [-0.3, -0.25) is 4.79 Å². The Morgan fingerprint density at radius 2 is 0.886 bits per heavy atom. The lowest BCUT2D eigenvalue weighted by molar-refractivity contribution is 0.104. The third kappa shape index (κ3) is 9.58. The summed E-state index contributed by atoms with van der Waals surface area (Å²) in [6, 6.07) is 38.0. The molecule has 4 heterocycles. The molecule has 70 heavy (non-hydrogen) atoms. The molecule has 2 unspecified atom stereocenters. The second-order valence-electron chi connectivity index (χ2n) is 18.2. The van der Waals surface area contributed by atoms with Crippen LogP contribution in [-0.4, -0.2) is 98.8 Å². The van der Waals surface area contributed by atoms with Crippen molar-refractivity contribution in [1.29, 1.82) is 0 Å². The molecule has 0 radical (unpaired) electrons. The Bertz CT molecular complexity index is 2770. The second-order valence-corrected chi connectivity index (χ2v) is 18.2. The third-order valence-corrected chi connectivity index (χ3v) is 13.7. The highest BCUT2D eigenvalue weighted by molar-refractivity contribution is 6.18. The number of aromatic hydroxyl groups is 4. The molecule has 2 fully saturated rings. The van der Waals surface area contributed by atoms with Gasteiger partial charge in [0, 0.05) is 56.6 Å². The van der Waals surface area contributed by atoms with Crippen molar-refractivity contribution in [3.05, 3.63) is 145 Å². The normalized spacial score (nSPS) is 16.2. The Hall–Kier alpha value is -7.87. The molecule has 2 aromatic heterocycles. The fraction of sp³-hybridized carbons (Fsp3) is 0.246. The van der Waals surface area contributed by atoms with E-state index in [9.17, 15) is 20.4 Å². The molecule has 0 aliphatic carbocycles. The van der Waals surface area contributed by atoms with Gasteiger partial charge >= 0.3 is 0 Å². The van der Waals surface area contributed by atoms with Crippen molar-refractivity contribution in [2.24, 2.45) is 0 Å². The molecule has 2 aliphatic heterocycles. The Kier molecular flexibility index (Phi) is 13.1. The number of nitrogens with zero attached hydrogens (tertiary/aromatic N) is 4. The smallest absolute Gasteiger partial charge is 0.194 e. The predicted molar refractivity (Wildman–Crippen MR) is 267 cm³/mol. The number of carbonyl (C=O) groups excluding carboxylic acids is 1. The first kappa shape index (κ1) is 45.9. The van der Waals surface area contributed by atoms with Gasteiger partial charge in [-0.2, -0.15) is 0 Å². The summed E-state index contributed by atoms with van der Waals surface area (Å²) in [6.45, 7) is 3.01. The zero-order valence-corrected chi connectivity index (χ0v) is 39.0. The molecule has 2 aliphatic rings. The number of rotatable bonds is 16. The number of ether oxygens (including phenoxy) is 2. The largest absolute Gasteiger partial charge is 0.508 e. The summed E-state index contributed by atoms with van der Waals surface area (Å²) in [7, 11) is 4.28. The highest BCUT2D eigenvalue weighted by Gasteiger charge is 2.31. The van der Waals surface area contributed by atoms with Gasteiger partial charge in [-0.15, -0.1) is 0 Å². The number of ketones is 1. The Morgan fingerprint density at radius 3 is 1.23 bits per heavy atom. The van der Waals surface area contributed by atoms with Gasteiger partial charge in [0.15, 0.2) is 17.3 Å². The van der Waals surface area contributed by atoms with Crippen molar-refractivity contribution in [1.82, 2.24) is 20.1 Å². The van der Waals surface area contributed by atoms with E-state index in [1.165, 1.54) is 0 Å². The summed E-state index contributed by atoms with van der Waals surface area (Å²) >= 11 is 0. The lowest BCUT2D eigenvalue weighted by Crippen LogP contribution is -2.26. The Morgan fingerprint density at radius 1 is 0.529 bits per heavy atom. The van der Waals surface area contributed by atoms with Gasteiger partial charge in [0.25, 0.3) is 0 Å². The molecule has 13 nitrogen and oxygen atoms in total. The predicted octanol–water partition coefficient (Wildman–Crippen LogP) is 11.4. The molecule has 8 aromatic rings. The van der Waals surface area contributed by atoms with E-state index in [1.54, 1.807) is 109 Å². The molecule has 0 spiro atoms. The van der Waals surface area contributed by atoms with Crippen molar-refractivity contribution in [2.75, 3.05) is 40.4 Å². The van der Waals surface area contributed by atoms with Crippen LogP contribution in [0.3, 0.4) is 0 Å². The molecular formula is C57H54N4O9. The molecule has 13 heteroatoms. The fourth-order valence-corrected chi connectivity index (χ4v) is 9.83. The molecule has 0 bridgehead atoms. The highest BCUT2D eigenvalue weighted by Crippen LogP contribution is 2.47. The van der Waals surface area contributed by atoms with Crippen LogP contribution in [0.15, 0.2) is 143 Å². The highest BCUT2D eigenvalue weighted by atomic mass is 16.5. The van der Waals surface area contributed by atoms with E-state index in [0.29, 0.717) is 115 Å². The number of phenolic OH excluding ortho intramolecular Hbond substituents is 4. The standard InChI is InChI=1S/C57H54N4O9/c1-60-29-3-5-39(60)27-31-67-45-23-25-47(49(33-45)51-53(35-7-15-41(62)16-8-35)58-69-56(51)37-11-19-43(64)20-12-37)55(66)48-26-24-46(68-32-28-40-6-4-30-61(40)2)34-50(48)52-54(36-9-17-42(63)18-10-36)59-70-57(52)38-13-21-44(65)22-14-38/h7-26,33-34,39-40,62-65H,3-6,27-32H2,1-2H3. The molecule has 6 aromatic carbocycles. The first-order chi connectivity index (χ1) is 34.1. The summed E-state index contributed by atoms with van der Waals surface area (Å²) < 4.78 is 25.4. The minimum absolute atomic E-state index is 0.0701. The van der Waals surface area contributed by atoms with Crippen LogP contribution in [0.5, 0.6) is 34.5 Å². The van der Waals surface area contributed by atoms with Crippen LogP contribution in [0.1, 0.15) is 54.4 Å². The molecule has 356 valence electrons. The summed E-state index contributed by atoms with van der Waals surface area (Å²) in [5, 5.41) is 50.5. The average molecular weight is 939 g/mol. The number of likely N-dealkylation sites (tertiary alicyclic amines) is 2. The van der Waals surface area contributed by atoms with Crippen LogP contribution in [0.2, 0.25) is 0 Å². The van der Waals surface area contributed by atoms with Gasteiger partial charge < -0.3 is 48.7 Å². The van der Waals surface area contributed by atoms with Crippen LogP contribution in [0, 0.1) is 0 Å². The van der Waals surface area contributed by atoms with E-state index < -0.39 is 0 Å². The van der Waals surface area contributed by atoms with Crippen LogP contribution >= 0.6 is 0 Å². The molecule has 4 N–H and O–H groups in total. The number of phenols is 4. The van der Waals surface area contributed by atoms with E-state index >= 15 is 4.79 Å². The monoisotopic (exact) mass is 938 g/mol. The third-order valence-electron chi connectivity index (χ3n) is 13.7. The number of hydrogen-bond acceptors (Lipinski definition) is 13. The summed E-state index contributed by atoms with van der Waals surface area (Å²) in [5.41, 5.74) is 5.86. The maximum atomic E-state index is 16.0. The maximum absolute atomic E-state index is 16.0. The first-order valence-corrected chi connectivity index (χ1v) is 23.7. The van der Waals surface area contributed by atoms with Crippen molar-refractivity contribution in [2.45, 2.75) is 50.6 Å². The van der Waals surface area contributed by atoms with Crippen molar-refractivity contribution >= 4 is 5.78 Å². The van der Waals surface area contributed by atoms with E-state index in [1.807, 2.05) is 24.3 Å². The van der Waals surface area contributed by atoms with Crippen molar-refractivity contribution < 1.29 is 43.7 Å². The zero-order valence-electron chi connectivity index (χ0n) is 39.0. The van der Waals surface area contributed by atoms with Gasteiger partial charge in [-0.05, 0) is 199 Å². The van der Waals surface area contributed by atoms with Gasteiger partial charge in [0.05, 0.1) is 24.3 Å². The Labute approximate surface area is 405 Å². The minimum atomic E-state index is -0.354. The number of benzene rings is 6.